The van der Waals surface area contributed by atoms with Crippen molar-refractivity contribution < 1.29 is 31.9 Å². The maximum absolute atomic E-state index is 14.8. The zero-order chi connectivity index (χ0) is 31.9. The number of anilines is 2. The molecular weight excluding hydrogens is 592 g/mol. The highest BCUT2D eigenvalue weighted by Gasteiger charge is 2.56. The van der Waals surface area contributed by atoms with Gasteiger partial charge in [0.1, 0.15) is 29.4 Å². The number of carbonyl (C=O) groups excluding carboxylic acids is 3. The van der Waals surface area contributed by atoms with Gasteiger partial charge >= 0.3 is 0 Å². The summed E-state index contributed by atoms with van der Waals surface area (Å²) in [4.78, 5) is 52.8. The molecule has 1 unspecified atom stereocenters. The van der Waals surface area contributed by atoms with Crippen LogP contribution in [0.2, 0.25) is 0 Å². The summed E-state index contributed by atoms with van der Waals surface area (Å²) in [7, 11) is 0. The van der Waals surface area contributed by atoms with Gasteiger partial charge in [0.05, 0.1) is 5.69 Å². The van der Waals surface area contributed by atoms with E-state index in [0.717, 1.165) is 27.5 Å². The molecule has 0 radical (unpaired) electrons. The minimum absolute atomic E-state index is 0.0104. The first-order chi connectivity index (χ1) is 21.5. The number of carbonyl (C=O) groups is 3. The highest BCUT2D eigenvalue weighted by atomic mass is 19.3. The van der Waals surface area contributed by atoms with Gasteiger partial charge in [0.15, 0.2) is 5.54 Å². The molecule has 2 aromatic carbocycles. The predicted octanol–water partition coefficient (Wildman–Crippen LogP) is 4.69. The third kappa shape index (κ3) is 5.49. The lowest BCUT2D eigenvalue weighted by molar-refractivity contribution is -0.132. The standard InChI is InChI=1S/C32H28F4N6O3/c33-20-15-21(34)17-24(16-20)42(28(44)26-5-6-27(43)41(26)30-38-14-10-23(18-37)40-30)32(13-7-19-3-1-2-4-25(19)32)29(45)39-22-8-11-31(35,36)12-9-22/h1-4,10,14-17,22,26H,5-9,11-13H2,(H,39,45)/t26-,32?/m0/s1. The van der Waals surface area contributed by atoms with E-state index in [1.807, 2.05) is 6.07 Å². The number of nitriles is 1. The number of aromatic nitrogens is 2. The van der Waals surface area contributed by atoms with Gasteiger partial charge in [-0.05, 0) is 61.4 Å². The van der Waals surface area contributed by atoms with Crippen LogP contribution in [0, 0.1) is 23.0 Å². The number of nitrogens with zero attached hydrogens (tertiary/aromatic N) is 5. The van der Waals surface area contributed by atoms with Crippen LogP contribution in [0.5, 0.6) is 0 Å². The monoisotopic (exact) mass is 620 g/mol. The van der Waals surface area contributed by atoms with Crippen molar-refractivity contribution in [3.63, 3.8) is 0 Å². The highest BCUT2D eigenvalue weighted by molar-refractivity contribution is 6.12. The zero-order valence-corrected chi connectivity index (χ0v) is 24.0. The molecular formula is C32H28F4N6O3. The molecule has 2 aliphatic carbocycles. The molecule has 0 spiro atoms. The molecule has 3 aromatic rings. The van der Waals surface area contributed by atoms with E-state index >= 15 is 0 Å². The Morgan fingerprint density at radius 1 is 1.00 bits per heavy atom. The maximum atomic E-state index is 14.8. The molecule has 1 aromatic heterocycles. The summed E-state index contributed by atoms with van der Waals surface area (Å²) >= 11 is 0. The Morgan fingerprint density at radius 3 is 2.42 bits per heavy atom. The average molecular weight is 621 g/mol. The second-order valence-corrected chi connectivity index (χ2v) is 11.6. The average Bonchev–Trinajstić information content (AvgIpc) is 3.59. The summed E-state index contributed by atoms with van der Waals surface area (Å²) < 4.78 is 57.5. The Morgan fingerprint density at radius 2 is 1.71 bits per heavy atom. The Bertz CT molecular complexity index is 1700. The van der Waals surface area contributed by atoms with Crippen LogP contribution in [0.4, 0.5) is 29.2 Å². The van der Waals surface area contributed by atoms with Crippen LogP contribution in [0.15, 0.2) is 54.7 Å². The maximum Gasteiger partial charge on any atom is 0.251 e. The van der Waals surface area contributed by atoms with E-state index in [1.54, 1.807) is 24.3 Å². The lowest BCUT2D eigenvalue weighted by atomic mass is 9.85. The van der Waals surface area contributed by atoms with Gasteiger partial charge in [0.25, 0.3) is 11.8 Å². The third-order valence-corrected chi connectivity index (χ3v) is 8.82. The van der Waals surface area contributed by atoms with Gasteiger partial charge in [-0.1, -0.05) is 24.3 Å². The number of halogens is 4. The third-order valence-electron chi connectivity index (χ3n) is 8.82. The Labute approximate surface area is 255 Å². The summed E-state index contributed by atoms with van der Waals surface area (Å²) in [6.07, 6.45) is 0.689. The Balaban J connectivity index is 1.49. The van der Waals surface area contributed by atoms with Crippen molar-refractivity contribution in [3.05, 3.63) is 83.2 Å². The fourth-order valence-electron chi connectivity index (χ4n) is 6.70. The molecule has 1 saturated carbocycles. The van der Waals surface area contributed by atoms with Gasteiger partial charge in [-0.15, -0.1) is 0 Å². The topological polar surface area (TPSA) is 119 Å². The normalized spacial score (nSPS) is 22.5. The number of rotatable bonds is 6. The van der Waals surface area contributed by atoms with Gasteiger partial charge in [-0.25, -0.2) is 27.5 Å². The molecule has 3 amide bonds. The van der Waals surface area contributed by atoms with Crippen molar-refractivity contribution in [2.75, 3.05) is 9.80 Å². The smallest absolute Gasteiger partial charge is 0.251 e. The first-order valence-electron chi connectivity index (χ1n) is 14.6. The van der Waals surface area contributed by atoms with Gasteiger partial charge in [0.2, 0.25) is 17.8 Å². The summed E-state index contributed by atoms with van der Waals surface area (Å²) in [6, 6.07) is 10.7. The van der Waals surface area contributed by atoms with Gasteiger partial charge in [-0.2, -0.15) is 5.26 Å². The zero-order valence-electron chi connectivity index (χ0n) is 24.0. The van der Waals surface area contributed by atoms with E-state index in [-0.39, 0.29) is 49.4 Å². The van der Waals surface area contributed by atoms with Crippen LogP contribution in [0.1, 0.15) is 61.8 Å². The predicted molar refractivity (Wildman–Crippen MR) is 153 cm³/mol. The Hall–Kier alpha value is -4.86. The fraction of sp³-hybridized carbons (Fsp3) is 0.375. The molecule has 3 aliphatic rings. The second-order valence-electron chi connectivity index (χ2n) is 11.6. The van der Waals surface area contributed by atoms with E-state index in [1.165, 1.54) is 12.3 Å². The first-order valence-corrected chi connectivity index (χ1v) is 14.6. The van der Waals surface area contributed by atoms with E-state index in [0.29, 0.717) is 18.1 Å². The number of hydrogen-bond acceptors (Lipinski definition) is 6. The molecule has 2 atom stereocenters. The number of fused-ring (bicyclic) bond motifs is 1. The van der Waals surface area contributed by atoms with Crippen molar-refractivity contribution in [1.29, 1.82) is 5.26 Å². The fourth-order valence-corrected chi connectivity index (χ4v) is 6.70. The molecule has 13 heteroatoms. The lowest BCUT2D eigenvalue weighted by Crippen LogP contribution is -2.62. The first kappa shape index (κ1) is 30.2. The summed E-state index contributed by atoms with van der Waals surface area (Å²) in [6.45, 7) is 0. The van der Waals surface area contributed by atoms with Crippen molar-refractivity contribution >= 4 is 29.4 Å². The molecule has 0 bridgehead atoms. The quantitative estimate of drug-likeness (QED) is 0.400. The lowest BCUT2D eigenvalue weighted by Gasteiger charge is -2.43. The molecule has 2 fully saturated rings. The van der Waals surface area contributed by atoms with Crippen molar-refractivity contribution in [2.24, 2.45) is 0 Å². The van der Waals surface area contributed by atoms with Crippen molar-refractivity contribution in [2.45, 2.75) is 74.9 Å². The number of benzene rings is 2. The van der Waals surface area contributed by atoms with Crippen LogP contribution >= 0.6 is 0 Å². The Kier molecular flexibility index (Phi) is 7.76. The molecule has 1 N–H and O–H groups in total. The minimum atomic E-state index is -2.84. The van der Waals surface area contributed by atoms with Crippen LogP contribution in [0.3, 0.4) is 0 Å². The van der Waals surface area contributed by atoms with Crippen molar-refractivity contribution in [3.8, 4) is 6.07 Å². The van der Waals surface area contributed by atoms with E-state index in [2.05, 4.69) is 15.3 Å². The van der Waals surface area contributed by atoms with E-state index in [9.17, 15) is 37.2 Å². The van der Waals surface area contributed by atoms with Gasteiger partial charge < -0.3 is 5.32 Å². The summed E-state index contributed by atoms with van der Waals surface area (Å²) in [5.74, 6) is -7.05. The van der Waals surface area contributed by atoms with E-state index in [4.69, 9.17) is 0 Å². The molecule has 1 saturated heterocycles. The van der Waals surface area contributed by atoms with Crippen LogP contribution < -0.4 is 15.1 Å². The highest BCUT2D eigenvalue weighted by Crippen LogP contribution is 2.46. The number of aryl methyl sites for hydroxylation is 1. The van der Waals surface area contributed by atoms with Crippen LogP contribution in [0.25, 0.3) is 0 Å². The second kappa shape index (κ2) is 11.6. The van der Waals surface area contributed by atoms with Crippen LogP contribution in [-0.2, 0) is 26.3 Å². The number of amides is 3. The number of hydrogen-bond donors (Lipinski definition) is 1. The van der Waals surface area contributed by atoms with Gasteiger partial charge in [0, 0.05) is 37.6 Å². The van der Waals surface area contributed by atoms with Crippen molar-refractivity contribution in [1.82, 2.24) is 15.3 Å². The number of nitrogens with one attached hydrogen (secondary N) is 1. The summed E-state index contributed by atoms with van der Waals surface area (Å²) in [5, 5.41) is 12.2. The largest absolute Gasteiger partial charge is 0.351 e. The molecule has 2 heterocycles. The molecule has 9 nitrogen and oxygen atoms in total. The SMILES string of the molecule is N#Cc1ccnc(N2C(=O)CC[C@H]2C(=O)N(c2cc(F)cc(F)c2)C2(C(=O)NC3CCC(F)(F)CC3)CCc3ccccc32)n1. The van der Waals surface area contributed by atoms with Crippen LogP contribution in [-0.4, -0.2) is 45.7 Å². The molecule has 232 valence electrons. The van der Waals surface area contributed by atoms with Gasteiger partial charge in [-0.3, -0.25) is 24.2 Å². The summed E-state index contributed by atoms with van der Waals surface area (Å²) in [5.41, 5.74) is -1.01. The molecule has 45 heavy (non-hydrogen) atoms. The molecule has 1 aliphatic heterocycles. The number of alkyl halides is 2. The minimum Gasteiger partial charge on any atom is -0.351 e. The van der Waals surface area contributed by atoms with E-state index < -0.39 is 65.7 Å². The molecule has 6 rings (SSSR count).